The summed E-state index contributed by atoms with van der Waals surface area (Å²) in [6, 6.07) is 43.1. The summed E-state index contributed by atoms with van der Waals surface area (Å²) in [6.07, 6.45) is 3.96. The minimum Gasteiger partial charge on any atom is -0.438 e. The van der Waals surface area contributed by atoms with Crippen molar-refractivity contribution in [1.82, 2.24) is 15.0 Å². The van der Waals surface area contributed by atoms with Crippen LogP contribution in [0.5, 0.6) is 0 Å². The molecule has 0 saturated carbocycles. The highest BCUT2D eigenvalue weighted by atomic mass is 16.3. The van der Waals surface area contributed by atoms with Crippen molar-refractivity contribution in [1.29, 1.82) is 0 Å². The number of benzene rings is 5. The second kappa shape index (κ2) is 11.7. The zero-order valence-electron chi connectivity index (χ0n) is 24.2. The Bertz CT molecular complexity index is 2060. The number of hydrogen-bond donors (Lipinski definition) is 0. The summed E-state index contributed by atoms with van der Waals surface area (Å²) in [5.41, 5.74) is 8.51. The van der Waals surface area contributed by atoms with Gasteiger partial charge in [0.15, 0.2) is 17.5 Å². The topological polar surface area (TPSA) is 64.2 Å². The van der Waals surface area contributed by atoms with Gasteiger partial charge in [-0.25, -0.2) is 19.9 Å². The van der Waals surface area contributed by atoms with E-state index in [4.69, 9.17) is 19.4 Å². The lowest BCUT2D eigenvalue weighted by Gasteiger charge is -2.11. The van der Waals surface area contributed by atoms with Crippen LogP contribution in [-0.4, -0.2) is 21.7 Å². The van der Waals surface area contributed by atoms with Gasteiger partial charge in [-0.1, -0.05) is 127 Å². The summed E-state index contributed by atoms with van der Waals surface area (Å²) in [4.78, 5) is 19.2. The van der Waals surface area contributed by atoms with Crippen LogP contribution in [0.1, 0.15) is 12.5 Å². The van der Waals surface area contributed by atoms with Gasteiger partial charge in [0.05, 0.1) is 0 Å². The minimum atomic E-state index is 0.455. The summed E-state index contributed by atoms with van der Waals surface area (Å²) < 4.78 is 6.30. The summed E-state index contributed by atoms with van der Waals surface area (Å²) in [7, 11) is 0. The van der Waals surface area contributed by atoms with Crippen molar-refractivity contribution in [2.75, 3.05) is 0 Å². The normalized spacial score (nSPS) is 11.3. The molecule has 0 N–H and O–H groups in total. The lowest BCUT2D eigenvalue weighted by Crippen LogP contribution is -2.00. The van der Waals surface area contributed by atoms with Gasteiger partial charge in [0.25, 0.3) is 0 Å². The Labute approximate surface area is 256 Å². The quantitative estimate of drug-likeness (QED) is 0.179. The largest absolute Gasteiger partial charge is 0.438 e. The zero-order valence-corrected chi connectivity index (χ0v) is 24.2. The molecule has 0 radical (unpaired) electrons. The molecule has 0 amide bonds. The van der Waals surface area contributed by atoms with Gasteiger partial charge in [-0.15, -0.1) is 0 Å². The first kappa shape index (κ1) is 26.9. The molecule has 5 heteroatoms. The van der Waals surface area contributed by atoms with E-state index in [2.05, 4.69) is 72.4 Å². The molecule has 0 bridgehead atoms. The van der Waals surface area contributed by atoms with E-state index in [0.29, 0.717) is 28.9 Å². The third kappa shape index (κ3) is 5.12. The van der Waals surface area contributed by atoms with Gasteiger partial charge >= 0.3 is 0 Å². The number of rotatable bonds is 7. The highest BCUT2D eigenvalue weighted by Gasteiger charge is 2.21. The van der Waals surface area contributed by atoms with Crippen molar-refractivity contribution in [2.45, 2.75) is 6.92 Å². The maximum atomic E-state index is 6.30. The molecule has 0 fully saturated rings. The Kier molecular flexibility index (Phi) is 7.19. The van der Waals surface area contributed by atoms with E-state index in [9.17, 15) is 0 Å². The van der Waals surface area contributed by atoms with Crippen molar-refractivity contribution in [2.24, 2.45) is 4.99 Å². The van der Waals surface area contributed by atoms with Crippen LogP contribution in [0.3, 0.4) is 0 Å². The molecular formula is C39H28N4O. The average molecular weight is 569 g/mol. The third-order valence-electron chi connectivity index (χ3n) is 7.55. The number of fused-ring (bicyclic) bond motifs is 1. The van der Waals surface area contributed by atoms with Crippen LogP contribution in [0.4, 0.5) is 5.88 Å². The average Bonchev–Trinajstić information content (AvgIpc) is 3.46. The highest BCUT2D eigenvalue weighted by molar-refractivity contribution is 6.04. The Hall–Kier alpha value is -5.94. The molecule has 7 rings (SSSR count). The van der Waals surface area contributed by atoms with Crippen LogP contribution in [0.2, 0.25) is 0 Å². The lowest BCUT2D eigenvalue weighted by atomic mass is 9.96. The van der Waals surface area contributed by atoms with E-state index >= 15 is 0 Å². The van der Waals surface area contributed by atoms with Crippen LogP contribution in [0.15, 0.2) is 143 Å². The first-order valence-electron chi connectivity index (χ1n) is 14.4. The van der Waals surface area contributed by atoms with E-state index in [-0.39, 0.29) is 0 Å². The van der Waals surface area contributed by atoms with E-state index in [1.165, 1.54) is 5.56 Å². The molecular weight excluding hydrogens is 540 g/mol. The molecule has 5 nitrogen and oxygen atoms in total. The zero-order chi connectivity index (χ0) is 29.9. The molecule has 0 aliphatic rings. The summed E-state index contributed by atoms with van der Waals surface area (Å²) >= 11 is 0. The second-order valence-electron chi connectivity index (χ2n) is 10.4. The number of hydrogen-bond acceptors (Lipinski definition) is 5. The molecule has 0 aliphatic heterocycles. The monoisotopic (exact) mass is 568 g/mol. The van der Waals surface area contributed by atoms with Crippen LogP contribution in [-0.2, 0) is 0 Å². The van der Waals surface area contributed by atoms with Crippen LogP contribution < -0.4 is 0 Å². The minimum absolute atomic E-state index is 0.455. The molecule has 0 atom stereocenters. The Morgan fingerprint density at radius 1 is 0.568 bits per heavy atom. The summed E-state index contributed by atoms with van der Waals surface area (Å²) in [6.45, 7) is 5.75. The third-order valence-corrected chi connectivity index (χ3v) is 7.55. The molecule has 0 saturated heterocycles. The predicted octanol–water partition coefficient (Wildman–Crippen LogP) is 10.3. The number of allylic oxidation sites excluding steroid dienone is 1. The molecule has 2 heterocycles. The van der Waals surface area contributed by atoms with E-state index in [1.54, 1.807) is 0 Å². The van der Waals surface area contributed by atoms with Crippen molar-refractivity contribution in [3.05, 3.63) is 139 Å². The van der Waals surface area contributed by atoms with Crippen LogP contribution >= 0.6 is 0 Å². The standard InChI is InChI=1S/C39H28N4O/c1-3-13-32-35-33(38-42-36(29-16-9-5-10-17-29)41-37(43-38)30-18-11-6-12-19-30)24-31(25-34(35)44-39(32)40-2)28-22-20-27(21-23-28)26-14-7-4-8-15-26/h3-25H,2H2,1H3/b13-3-. The van der Waals surface area contributed by atoms with Gasteiger partial charge in [0, 0.05) is 27.6 Å². The fourth-order valence-electron chi connectivity index (χ4n) is 5.44. The number of nitrogens with zero attached hydrogens (tertiary/aromatic N) is 4. The summed E-state index contributed by atoms with van der Waals surface area (Å²) in [5.74, 6) is 2.20. The molecule has 44 heavy (non-hydrogen) atoms. The molecule has 7 aromatic rings. The number of furan rings is 1. The van der Waals surface area contributed by atoms with Gasteiger partial charge in [-0.05, 0) is 48.0 Å². The molecule has 210 valence electrons. The predicted molar refractivity (Wildman–Crippen MR) is 181 cm³/mol. The first-order valence-corrected chi connectivity index (χ1v) is 14.4. The molecule has 0 spiro atoms. The van der Waals surface area contributed by atoms with Gasteiger partial charge in [-0.2, -0.15) is 0 Å². The summed E-state index contributed by atoms with van der Waals surface area (Å²) in [5, 5.41) is 0.874. The van der Waals surface area contributed by atoms with Gasteiger partial charge in [0.1, 0.15) is 5.58 Å². The van der Waals surface area contributed by atoms with Crippen molar-refractivity contribution in [3.63, 3.8) is 0 Å². The molecule has 5 aromatic carbocycles. The van der Waals surface area contributed by atoms with Crippen molar-refractivity contribution >= 4 is 29.6 Å². The maximum absolute atomic E-state index is 6.30. The molecule has 0 unspecified atom stereocenters. The molecule has 0 aliphatic carbocycles. The van der Waals surface area contributed by atoms with Gasteiger partial charge in [-0.3, -0.25) is 0 Å². The van der Waals surface area contributed by atoms with E-state index in [1.807, 2.05) is 85.8 Å². The van der Waals surface area contributed by atoms with Crippen LogP contribution in [0.25, 0.3) is 73.5 Å². The Morgan fingerprint density at radius 2 is 1.05 bits per heavy atom. The van der Waals surface area contributed by atoms with Crippen LogP contribution in [0, 0.1) is 0 Å². The number of aromatic nitrogens is 3. The number of aliphatic imine (C=N–C) groups is 1. The fourth-order valence-corrected chi connectivity index (χ4v) is 5.44. The maximum Gasteiger partial charge on any atom is 0.226 e. The van der Waals surface area contributed by atoms with E-state index in [0.717, 1.165) is 44.3 Å². The SMILES string of the molecule is C=Nc1oc2cc(-c3ccc(-c4ccccc4)cc3)cc(-c3nc(-c4ccccc4)nc(-c4ccccc4)n3)c2c1/C=C\C. The fraction of sp³-hybridized carbons (Fsp3) is 0.0256. The second-order valence-corrected chi connectivity index (χ2v) is 10.4. The smallest absolute Gasteiger partial charge is 0.226 e. The van der Waals surface area contributed by atoms with Gasteiger partial charge < -0.3 is 4.42 Å². The molecule has 2 aromatic heterocycles. The van der Waals surface area contributed by atoms with Crippen molar-refractivity contribution < 1.29 is 4.42 Å². The van der Waals surface area contributed by atoms with Gasteiger partial charge in [0.2, 0.25) is 5.88 Å². The first-order chi connectivity index (χ1) is 21.7. The Balaban J connectivity index is 1.48. The van der Waals surface area contributed by atoms with Crippen molar-refractivity contribution in [3.8, 4) is 56.4 Å². The van der Waals surface area contributed by atoms with E-state index < -0.39 is 0 Å². The lowest BCUT2D eigenvalue weighted by molar-refractivity contribution is 0.626. The highest BCUT2D eigenvalue weighted by Crippen LogP contribution is 2.42. The Morgan fingerprint density at radius 3 is 1.57 bits per heavy atom.